The first-order valence-corrected chi connectivity index (χ1v) is 12.5. The number of hydrogen-bond acceptors (Lipinski definition) is 5. The molecular formula is C19H36O5Si. The Morgan fingerprint density at radius 3 is 2.40 bits per heavy atom. The first kappa shape index (κ1) is 19.8. The zero-order chi connectivity index (χ0) is 18.7. The van der Waals surface area contributed by atoms with Gasteiger partial charge in [0.05, 0.1) is 36.4 Å². The number of epoxide rings is 2. The maximum atomic E-state index is 9.31. The Morgan fingerprint density at radius 1 is 1.28 bits per heavy atom. The van der Waals surface area contributed by atoms with E-state index in [1.165, 1.54) is 0 Å². The van der Waals surface area contributed by atoms with Gasteiger partial charge in [-0.2, -0.15) is 0 Å². The molecule has 1 unspecified atom stereocenters. The van der Waals surface area contributed by atoms with Crippen molar-refractivity contribution >= 4 is 8.32 Å². The van der Waals surface area contributed by atoms with Crippen LogP contribution in [-0.2, 0) is 18.6 Å². The molecule has 0 amide bonds. The van der Waals surface area contributed by atoms with Gasteiger partial charge in [0.15, 0.2) is 8.32 Å². The average molecular weight is 373 g/mol. The number of rotatable bonds is 6. The van der Waals surface area contributed by atoms with Gasteiger partial charge in [0.1, 0.15) is 5.60 Å². The molecule has 0 aromatic carbocycles. The minimum Gasteiger partial charge on any atom is -0.411 e. The third-order valence-corrected chi connectivity index (χ3v) is 11.6. The lowest BCUT2D eigenvalue weighted by molar-refractivity contribution is -0.111. The molecule has 0 aromatic heterocycles. The van der Waals surface area contributed by atoms with Gasteiger partial charge in [-0.1, -0.05) is 20.8 Å². The summed E-state index contributed by atoms with van der Waals surface area (Å²) in [4.78, 5) is 0. The van der Waals surface area contributed by atoms with Crippen LogP contribution >= 0.6 is 0 Å². The molecule has 3 fully saturated rings. The average Bonchev–Trinajstić information content (AvgIpc) is 3.39. The van der Waals surface area contributed by atoms with Crippen molar-refractivity contribution in [1.29, 1.82) is 0 Å². The molecule has 0 aromatic rings. The van der Waals surface area contributed by atoms with Crippen molar-refractivity contribution in [1.82, 2.24) is 0 Å². The van der Waals surface area contributed by atoms with E-state index in [2.05, 4.69) is 40.8 Å². The smallest absolute Gasteiger partial charge is 0.192 e. The van der Waals surface area contributed by atoms with Gasteiger partial charge in [-0.3, -0.25) is 0 Å². The molecule has 1 N–H and O–H groups in total. The molecule has 5 nitrogen and oxygen atoms in total. The van der Waals surface area contributed by atoms with E-state index in [1.807, 2.05) is 0 Å². The summed E-state index contributed by atoms with van der Waals surface area (Å²) in [5, 5.41) is 9.48. The van der Waals surface area contributed by atoms with Gasteiger partial charge in [0.25, 0.3) is 0 Å². The van der Waals surface area contributed by atoms with Crippen molar-refractivity contribution in [2.45, 2.75) is 94.6 Å². The summed E-state index contributed by atoms with van der Waals surface area (Å²) in [5.74, 6) is 0.157. The van der Waals surface area contributed by atoms with Crippen molar-refractivity contribution in [2.24, 2.45) is 5.92 Å². The molecule has 0 radical (unpaired) electrons. The second-order valence-electron chi connectivity index (χ2n) is 9.79. The molecule has 2 aliphatic heterocycles. The predicted molar refractivity (Wildman–Crippen MR) is 99.3 cm³/mol. The van der Waals surface area contributed by atoms with E-state index in [0.29, 0.717) is 6.42 Å². The Labute approximate surface area is 153 Å². The molecule has 25 heavy (non-hydrogen) atoms. The van der Waals surface area contributed by atoms with Crippen LogP contribution in [0.2, 0.25) is 18.1 Å². The van der Waals surface area contributed by atoms with Crippen molar-refractivity contribution in [3.05, 3.63) is 0 Å². The molecular weight excluding hydrogens is 336 g/mol. The van der Waals surface area contributed by atoms with E-state index in [1.54, 1.807) is 7.11 Å². The quantitative estimate of drug-likeness (QED) is 0.573. The van der Waals surface area contributed by atoms with Gasteiger partial charge in [-0.05, 0) is 44.3 Å². The minimum absolute atomic E-state index is 0.0286. The predicted octanol–water partition coefficient (Wildman–Crippen LogP) is 3.11. The van der Waals surface area contributed by atoms with Gasteiger partial charge in [-0.25, -0.2) is 0 Å². The highest BCUT2D eigenvalue weighted by Gasteiger charge is 2.72. The fraction of sp³-hybridized carbons (Fsp3) is 1.00. The molecule has 1 spiro atoms. The van der Waals surface area contributed by atoms with Crippen molar-refractivity contribution in [3.63, 3.8) is 0 Å². The lowest BCUT2D eigenvalue weighted by Crippen LogP contribution is -2.58. The molecule has 6 atom stereocenters. The van der Waals surface area contributed by atoms with E-state index in [-0.39, 0.29) is 47.1 Å². The van der Waals surface area contributed by atoms with Crippen molar-refractivity contribution in [3.8, 4) is 0 Å². The van der Waals surface area contributed by atoms with Crippen LogP contribution in [0.4, 0.5) is 0 Å². The Kier molecular flexibility index (Phi) is 4.96. The highest BCUT2D eigenvalue weighted by Crippen LogP contribution is 2.59. The van der Waals surface area contributed by atoms with Crippen molar-refractivity contribution < 1.29 is 23.7 Å². The molecule has 1 aliphatic carbocycles. The molecule has 6 heteroatoms. The highest BCUT2D eigenvalue weighted by atomic mass is 28.4. The lowest BCUT2D eigenvalue weighted by atomic mass is 9.68. The van der Waals surface area contributed by atoms with Crippen LogP contribution in [0.5, 0.6) is 0 Å². The second kappa shape index (κ2) is 6.28. The number of aliphatic hydroxyl groups excluding tert-OH is 1. The second-order valence-corrected chi connectivity index (χ2v) is 14.5. The fourth-order valence-corrected chi connectivity index (χ4v) is 5.83. The maximum Gasteiger partial charge on any atom is 0.192 e. The molecule has 3 aliphatic rings. The summed E-state index contributed by atoms with van der Waals surface area (Å²) < 4.78 is 24.8. The Hall–Kier alpha value is 0.0169. The summed E-state index contributed by atoms with van der Waals surface area (Å²) in [6, 6.07) is 0. The van der Waals surface area contributed by atoms with Crippen LogP contribution < -0.4 is 0 Å². The summed E-state index contributed by atoms with van der Waals surface area (Å²) in [7, 11) is -0.0928. The van der Waals surface area contributed by atoms with Crippen LogP contribution in [0.1, 0.15) is 47.0 Å². The zero-order valence-corrected chi connectivity index (χ0v) is 17.9. The van der Waals surface area contributed by atoms with Gasteiger partial charge in [0, 0.05) is 13.7 Å². The van der Waals surface area contributed by atoms with Crippen LogP contribution in [0.25, 0.3) is 0 Å². The van der Waals surface area contributed by atoms with Crippen molar-refractivity contribution in [2.75, 3.05) is 20.3 Å². The standard InChI is InChI=1S/C19H36O5Si/c1-17(2,3)25(6,7)24-13-8-10-19(12-22-19)16(15(13)21-5)18(4)14(23-18)9-11-20/h13-16,20H,8-12H2,1-7H3/t13-,14-,15-,16-,18?,19+/m1/s1. The first-order valence-electron chi connectivity index (χ1n) is 9.64. The van der Waals surface area contributed by atoms with Gasteiger partial charge < -0.3 is 23.7 Å². The molecule has 0 bridgehead atoms. The fourth-order valence-electron chi connectivity index (χ4n) is 4.46. The van der Waals surface area contributed by atoms with Crippen LogP contribution in [-0.4, -0.2) is 63.3 Å². The van der Waals surface area contributed by atoms with Crippen LogP contribution in [0, 0.1) is 5.92 Å². The molecule has 146 valence electrons. The van der Waals surface area contributed by atoms with Crippen LogP contribution in [0.15, 0.2) is 0 Å². The summed E-state index contributed by atoms with van der Waals surface area (Å²) in [6.45, 7) is 14.5. The Bertz CT molecular complexity index is 499. The number of methoxy groups -OCH3 is 1. The van der Waals surface area contributed by atoms with E-state index in [0.717, 1.165) is 19.4 Å². The highest BCUT2D eigenvalue weighted by molar-refractivity contribution is 6.74. The van der Waals surface area contributed by atoms with E-state index >= 15 is 0 Å². The summed E-state index contributed by atoms with van der Waals surface area (Å²) in [5.41, 5.74) is -0.401. The van der Waals surface area contributed by atoms with E-state index < -0.39 is 8.32 Å². The topological polar surface area (TPSA) is 63.8 Å². The summed E-state index contributed by atoms with van der Waals surface area (Å²) in [6.07, 6.45) is 2.80. The Balaban J connectivity index is 1.82. The third kappa shape index (κ3) is 3.34. The lowest BCUT2D eigenvalue weighted by Gasteiger charge is -2.47. The monoisotopic (exact) mass is 372 g/mol. The molecule has 2 heterocycles. The molecule has 3 rings (SSSR count). The number of ether oxygens (including phenoxy) is 3. The zero-order valence-electron chi connectivity index (χ0n) is 16.9. The maximum absolute atomic E-state index is 9.31. The minimum atomic E-state index is -1.88. The first-order chi connectivity index (χ1) is 11.5. The Morgan fingerprint density at radius 2 is 1.92 bits per heavy atom. The normalized spacial score (nSPS) is 44.2. The molecule has 2 saturated heterocycles. The van der Waals surface area contributed by atoms with Gasteiger partial charge in [-0.15, -0.1) is 0 Å². The van der Waals surface area contributed by atoms with E-state index in [9.17, 15) is 5.11 Å². The van der Waals surface area contributed by atoms with Gasteiger partial charge >= 0.3 is 0 Å². The largest absolute Gasteiger partial charge is 0.411 e. The number of hydrogen-bond donors (Lipinski definition) is 1. The van der Waals surface area contributed by atoms with Crippen LogP contribution in [0.3, 0.4) is 0 Å². The molecule has 1 saturated carbocycles. The summed E-state index contributed by atoms with van der Waals surface area (Å²) >= 11 is 0. The third-order valence-electron chi connectivity index (χ3n) is 7.14. The number of aliphatic hydroxyl groups is 1. The van der Waals surface area contributed by atoms with E-state index in [4.69, 9.17) is 18.6 Å². The van der Waals surface area contributed by atoms with Gasteiger partial charge in [0.2, 0.25) is 0 Å². The SMILES string of the molecule is CO[C@H]1[C@H](C2(C)O[C@@H]2CCO)[C@]2(CC[C@H]1O[Si](C)(C)C(C)(C)C)CO2.